The molecule has 0 amide bonds. The fraction of sp³-hybridized carbons (Fsp3) is 0.214. The number of hydrogen-bond acceptors (Lipinski definition) is 4. The van der Waals surface area contributed by atoms with Crippen molar-refractivity contribution in [1.29, 1.82) is 5.26 Å². The predicted molar refractivity (Wildman–Crippen MR) is 71.4 cm³/mol. The third kappa shape index (κ3) is 3.08. The number of hydrogen-bond donors (Lipinski definition) is 0. The Labute approximate surface area is 110 Å². The van der Waals surface area contributed by atoms with Crippen molar-refractivity contribution in [2.24, 2.45) is 0 Å². The predicted octanol–water partition coefficient (Wildman–Crippen LogP) is 3.59. The molecule has 18 heavy (non-hydrogen) atoms. The van der Waals surface area contributed by atoms with Gasteiger partial charge in [-0.25, -0.2) is 0 Å². The lowest BCUT2D eigenvalue weighted by molar-refractivity contribution is 0.413. The van der Waals surface area contributed by atoms with Crippen molar-refractivity contribution in [3.63, 3.8) is 0 Å². The smallest absolute Gasteiger partial charge is 0.136 e. The van der Waals surface area contributed by atoms with Gasteiger partial charge in [-0.2, -0.15) is 5.26 Å². The van der Waals surface area contributed by atoms with E-state index in [9.17, 15) is 0 Å². The number of furan rings is 1. The Bertz CT molecular complexity index is 543. The molecule has 0 fully saturated rings. The first kappa shape index (κ1) is 12.6. The van der Waals surface area contributed by atoms with E-state index >= 15 is 0 Å². The van der Waals surface area contributed by atoms with Crippen molar-refractivity contribution in [3.05, 3.63) is 53.5 Å². The van der Waals surface area contributed by atoms with Crippen LogP contribution in [0.4, 0.5) is 0 Å². The largest absolute Gasteiger partial charge is 0.495 e. The maximum atomic E-state index is 8.89. The Morgan fingerprint density at radius 3 is 2.89 bits per heavy atom. The van der Waals surface area contributed by atoms with Gasteiger partial charge in [-0.3, -0.25) is 0 Å². The summed E-state index contributed by atoms with van der Waals surface area (Å²) in [5.41, 5.74) is 1.71. The molecule has 0 atom stereocenters. The average Bonchev–Trinajstić information content (AvgIpc) is 2.91. The highest BCUT2D eigenvalue weighted by molar-refractivity contribution is 7.97. The van der Waals surface area contributed by atoms with Gasteiger partial charge < -0.3 is 9.15 Å². The van der Waals surface area contributed by atoms with E-state index in [0.29, 0.717) is 11.3 Å². The summed E-state index contributed by atoms with van der Waals surface area (Å²) < 4.78 is 10.4. The van der Waals surface area contributed by atoms with Crippen LogP contribution in [0.15, 0.2) is 41.0 Å². The molecule has 0 N–H and O–H groups in total. The molecule has 0 radical (unpaired) electrons. The van der Waals surface area contributed by atoms with Crippen LogP contribution < -0.4 is 4.74 Å². The molecule has 1 aromatic carbocycles. The third-order valence-electron chi connectivity index (χ3n) is 2.48. The summed E-state index contributed by atoms with van der Waals surface area (Å²) in [5.74, 6) is 3.31. The lowest BCUT2D eigenvalue weighted by Gasteiger charge is -2.05. The topological polar surface area (TPSA) is 46.2 Å². The monoisotopic (exact) mass is 259 g/mol. The maximum Gasteiger partial charge on any atom is 0.136 e. The summed E-state index contributed by atoms with van der Waals surface area (Å²) in [7, 11) is 1.58. The van der Waals surface area contributed by atoms with Gasteiger partial charge in [0.2, 0.25) is 0 Å². The van der Waals surface area contributed by atoms with Gasteiger partial charge in [-0.15, -0.1) is 11.8 Å². The number of nitriles is 1. The van der Waals surface area contributed by atoms with Crippen molar-refractivity contribution < 1.29 is 9.15 Å². The first-order chi connectivity index (χ1) is 8.83. The van der Waals surface area contributed by atoms with E-state index in [-0.39, 0.29) is 0 Å². The highest BCUT2D eigenvalue weighted by Gasteiger charge is 2.04. The zero-order chi connectivity index (χ0) is 12.8. The third-order valence-corrected chi connectivity index (χ3v) is 3.51. The lowest BCUT2D eigenvalue weighted by Crippen LogP contribution is -1.90. The fourth-order valence-electron chi connectivity index (χ4n) is 1.58. The van der Waals surface area contributed by atoms with E-state index in [1.807, 2.05) is 24.3 Å². The number of ether oxygens (including phenoxy) is 1. The van der Waals surface area contributed by atoms with E-state index in [4.69, 9.17) is 14.4 Å². The minimum atomic E-state index is 0.567. The molecular weight excluding hydrogens is 246 g/mol. The summed E-state index contributed by atoms with van der Waals surface area (Å²) in [6, 6.07) is 11.6. The Hall–Kier alpha value is -1.86. The summed E-state index contributed by atoms with van der Waals surface area (Å²) >= 11 is 1.76. The van der Waals surface area contributed by atoms with E-state index in [1.165, 1.54) is 0 Å². The standard InChI is InChI=1S/C14H13NO2S/c1-16-14-7-11(4-5-12(14)8-15)9-18-10-13-3-2-6-17-13/h2-7H,9-10H2,1H3. The quantitative estimate of drug-likeness (QED) is 0.823. The van der Waals surface area contributed by atoms with Crippen LogP contribution in [0.25, 0.3) is 0 Å². The Kier molecular flexibility index (Phi) is 4.32. The normalized spacial score (nSPS) is 10.0. The Balaban J connectivity index is 1.95. The van der Waals surface area contributed by atoms with Crippen LogP contribution in [0.1, 0.15) is 16.9 Å². The molecule has 4 heteroatoms. The van der Waals surface area contributed by atoms with Crippen LogP contribution in [-0.4, -0.2) is 7.11 Å². The number of nitrogens with zero attached hydrogens (tertiary/aromatic N) is 1. The molecule has 92 valence electrons. The fourth-order valence-corrected chi connectivity index (χ4v) is 2.46. The van der Waals surface area contributed by atoms with Gasteiger partial charge in [0.25, 0.3) is 0 Å². The molecule has 0 aliphatic rings. The minimum absolute atomic E-state index is 0.567. The van der Waals surface area contributed by atoms with Crippen LogP contribution in [0, 0.1) is 11.3 Å². The summed E-state index contributed by atoms with van der Waals surface area (Å²) in [5, 5.41) is 8.89. The molecule has 0 aliphatic heterocycles. The number of methoxy groups -OCH3 is 1. The molecule has 0 bridgehead atoms. The van der Waals surface area contributed by atoms with Crippen molar-refractivity contribution in [3.8, 4) is 11.8 Å². The van der Waals surface area contributed by atoms with E-state index < -0.39 is 0 Å². The summed E-state index contributed by atoms with van der Waals surface area (Å²) in [6.07, 6.45) is 1.68. The molecule has 2 aromatic rings. The van der Waals surface area contributed by atoms with Gasteiger partial charge in [-0.1, -0.05) is 6.07 Å². The molecule has 0 saturated carbocycles. The molecule has 2 rings (SSSR count). The molecule has 0 unspecified atom stereocenters. The van der Waals surface area contributed by atoms with Crippen LogP contribution in [-0.2, 0) is 11.5 Å². The van der Waals surface area contributed by atoms with Gasteiger partial charge in [0.05, 0.1) is 24.7 Å². The van der Waals surface area contributed by atoms with Gasteiger partial charge in [0.15, 0.2) is 0 Å². The highest BCUT2D eigenvalue weighted by Crippen LogP contribution is 2.23. The van der Waals surface area contributed by atoms with Crippen molar-refractivity contribution >= 4 is 11.8 Å². The molecule has 1 heterocycles. The number of thioether (sulfide) groups is 1. The second-order valence-corrected chi connectivity index (χ2v) is 4.70. The van der Waals surface area contributed by atoms with Crippen LogP contribution >= 0.6 is 11.8 Å². The molecule has 0 saturated heterocycles. The minimum Gasteiger partial charge on any atom is -0.495 e. The highest BCUT2D eigenvalue weighted by atomic mass is 32.2. The zero-order valence-electron chi connectivity index (χ0n) is 10.1. The van der Waals surface area contributed by atoms with Crippen LogP contribution in [0.5, 0.6) is 5.75 Å². The molecule has 3 nitrogen and oxygen atoms in total. The van der Waals surface area contributed by atoms with Crippen LogP contribution in [0.2, 0.25) is 0 Å². The average molecular weight is 259 g/mol. The first-order valence-corrected chi connectivity index (χ1v) is 6.66. The molecule has 1 aromatic heterocycles. The Morgan fingerprint density at radius 1 is 1.33 bits per heavy atom. The molecular formula is C14H13NO2S. The molecule has 0 spiro atoms. The van der Waals surface area contributed by atoms with Crippen molar-refractivity contribution in [2.75, 3.05) is 7.11 Å². The van der Waals surface area contributed by atoms with Gasteiger partial charge >= 0.3 is 0 Å². The number of rotatable bonds is 5. The van der Waals surface area contributed by atoms with E-state index in [1.54, 1.807) is 31.2 Å². The molecule has 0 aliphatic carbocycles. The van der Waals surface area contributed by atoms with Gasteiger partial charge in [0.1, 0.15) is 17.6 Å². The zero-order valence-corrected chi connectivity index (χ0v) is 10.9. The first-order valence-electron chi connectivity index (χ1n) is 5.50. The van der Waals surface area contributed by atoms with E-state index in [0.717, 1.165) is 22.8 Å². The lowest BCUT2D eigenvalue weighted by atomic mass is 10.1. The second kappa shape index (κ2) is 6.18. The maximum absolute atomic E-state index is 8.89. The van der Waals surface area contributed by atoms with Crippen molar-refractivity contribution in [1.82, 2.24) is 0 Å². The SMILES string of the molecule is COc1cc(CSCc2ccco2)ccc1C#N. The second-order valence-electron chi connectivity index (χ2n) is 3.72. The number of benzene rings is 1. The van der Waals surface area contributed by atoms with E-state index in [2.05, 4.69) is 6.07 Å². The van der Waals surface area contributed by atoms with Crippen LogP contribution in [0.3, 0.4) is 0 Å². The van der Waals surface area contributed by atoms with Crippen molar-refractivity contribution in [2.45, 2.75) is 11.5 Å². The van der Waals surface area contributed by atoms with Gasteiger partial charge in [-0.05, 0) is 29.8 Å². The van der Waals surface area contributed by atoms with Gasteiger partial charge in [0, 0.05) is 5.75 Å². The summed E-state index contributed by atoms with van der Waals surface area (Å²) in [6.45, 7) is 0. The summed E-state index contributed by atoms with van der Waals surface area (Å²) in [4.78, 5) is 0. The Morgan fingerprint density at radius 2 is 2.22 bits per heavy atom.